The fraction of sp³-hybridized carbons (Fsp3) is 0. The fourth-order valence-corrected chi connectivity index (χ4v) is 2.75. The lowest BCUT2D eigenvalue weighted by Crippen LogP contribution is -2.00. The number of carbonyl (C=O) groups is 1. The van der Waals surface area contributed by atoms with E-state index in [9.17, 15) is 4.79 Å². The Morgan fingerprint density at radius 1 is 1.10 bits per heavy atom. The van der Waals surface area contributed by atoms with Gasteiger partial charge in [-0.2, -0.15) is 0 Å². The van der Waals surface area contributed by atoms with Gasteiger partial charge in [-0.1, -0.05) is 29.3 Å². The summed E-state index contributed by atoms with van der Waals surface area (Å²) in [6.45, 7) is 0. The number of aromatic nitrogens is 1. The molecule has 1 heterocycles. The molecule has 0 atom stereocenters. The predicted octanol–water partition coefficient (Wildman–Crippen LogP) is 5.47. The molecule has 0 aliphatic carbocycles. The molecule has 100 valence electrons. The van der Waals surface area contributed by atoms with Crippen molar-refractivity contribution in [2.24, 2.45) is 0 Å². The van der Waals surface area contributed by atoms with Gasteiger partial charge in [-0.05, 0) is 46.3 Å². The minimum atomic E-state index is -0.0593. The predicted molar refractivity (Wildman–Crippen MR) is 85.9 cm³/mol. The zero-order valence-electron chi connectivity index (χ0n) is 10.1. The van der Waals surface area contributed by atoms with E-state index in [1.165, 1.54) is 0 Å². The molecule has 1 aromatic heterocycles. The fourth-order valence-electron chi connectivity index (χ4n) is 2.08. The van der Waals surface area contributed by atoms with Crippen LogP contribution in [0.25, 0.3) is 10.9 Å². The number of ketones is 1. The van der Waals surface area contributed by atoms with Crippen LogP contribution in [0.1, 0.15) is 15.9 Å². The zero-order chi connectivity index (χ0) is 14.3. The molecule has 0 unspecified atom stereocenters. The number of benzene rings is 2. The van der Waals surface area contributed by atoms with Crippen molar-refractivity contribution in [1.82, 2.24) is 4.98 Å². The average molecular weight is 369 g/mol. The first kappa shape index (κ1) is 13.7. The molecule has 20 heavy (non-hydrogen) atoms. The number of aromatic amines is 1. The summed E-state index contributed by atoms with van der Waals surface area (Å²) < 4.78 is 0.702. The smallest absolute Gasteiger partial charge is 0.195 e. The minimum Gasteiger partial charge on any atom is -0.360 e. The number of H-pyrrole nitrogens is 1. The monoisotopic (exact) mass is 367 g/mol. The topological polar surface area (TPSA) is 32.9 Å². The molecule has 0 amide bonds. The van der Waals surface area contributed by atoms with Gasteiger partial charge in [-0.25, -0.2) is 0 Å². The quantitative estimate of drug-likeness (QED) is 0.598. The van der Waals surface area contributed by atoms with Crippen molar-refractivity contribution in [3.05, 3.63) is 68.2 Å². The summed E-state index contributed by atoms with van der Waals surface area (Å²) in [5.41, 5.74) is 2.04. The minimum absolute atomic E-state index is 0.0593. The Balaban J connectivity index is 2.10. The van der Waals surface area contributed by atoms with Crippen LogP contribution in [0.15, 0.2) is 47.1 Å². The lowest BCUT2D eigenvalue weighted by molar-refractivity contribution is 0.104. The third kappa shape index (κ3) is 2.37. The van der Waals surface area contributed by atoms with Gasteiger partial charge in [-0.15, -0.1) is 0 Å². The second-order valence-corrected chi connectivity index (χ2v) is 6.05. The van der Waals surface area contributed by atoms with Crippen LogP contribution in [0.2, 0.25) is 10.0 Å². The van der Waals surface area contributed by atoms with Crippen molar-refractivity contribution in [2.75, 3.05) is 0 Å². The maximum atomic E-state index is 12.6. The maximum absolute atomic E-state index is 12.6. The van der Waals surface area contributed by atoms with Crippen molar-refractivity contribution >= 4 is 55.8 Å². The summed E-state index contributed by atoms with van der Waals surface area (Å²) in [6, 6.07) is 10.5. The van der Waals surface area contributed by atoms with E-state index in [4.69, 9.17) is 23.2 Å². The average Bonchev–Trinajstić information content (AvgIpc) is 2.84. The molecular weight excluding hydrogens is 361 g/mol. The number of carbonyl (C=O) groups excluding carboxylic acids is 1. The van der Waals surface area contributed by atoms with Crippen LogP contribution < -0.4 is 0 Å². The highest BCUT2D eigenvalue weighted by molar-refractivity contribution is 9.10. The Hall–Kier alpha value is -1.29. The molecule has 0 saturated carbocycles. The highest BCUT2D eigenvalue weighted by Gasteiger charge is 2.15. The molecule has 2 aromatic carbocycles. The molecule has 0 aliphatic heterocycles. The lowest BCUT2D eigenvalue weighted by Gasteiger charge is -2.02. The molecule has 0 radical (unpaired) electrons. The van der Waals surface area contributed by atoms with Gasteiger partial charge in [0.1, 0.15) is 0 Å². The summed E-state index contributed by atoms with van der Waals surface area (Å²) in [6.07, 6.45) is 1.70. The highest BCUT2D eigenvalue weighted by atomic mass is 79.9. The van der Waals surface area contributed by atoms with E-state index in [1.54, 1.807) is 36.5 Å². The molecule has 0 spiro atoms. The molecule has 1 N–H and O–H groups in total. The zero-order valence-corrected chi connectivity index (χ0v) is 13.2. The third-order valence-corrected chi connectivity index (χ3v) is 4.52. The van der Waals surface area contributed by atoms with Crippen LogP contribution in [-0.2, 0) is 0 Å². The number of halogens is 3. The number of fused-ring (bicyclic) bond motifs is 1. The summed E-state index contributed by atoms with van der Waals surface area (Å²) in [4.78, 5) is 15.6. The van der Waals surface area contributed by atoms with E-state index in [2.05, 4.69) is 20.9 Å². The Morgan fingerprint density at radius 2 is 1.90 bits per heavy atom. The molecule has 0 bridgehead atoms. The largest absolute Gasteiger partial charge is 0.360 e. The van der Waals surface area contributed by atoms with Crippen molar-refractivity contribution in [3.8, 4) is 0 Å². The van der Waals surface area contributed by atoms with E-state index >= 15 is 0 Å². The first-order chi connectivity index (χ1) is 9.56. The number of nitrogens with one attached hydrogen (secondary N) is 1. The van der Waals surface area contributed by atoms with Gasteiger partial charge in [0.25, 0.3) is 0 Å². The first-order valence-electron chi connectivity index (χ1n) is 5.82. The Labute approximate surface area is 133 Å². The molecule has 3 rings (SSSR count). The SMILES string of the molecule is O=C(c1ccc(Cl)c(Br)c1)c1c[nH]c2cc(Cl)ccc12. The van der Waals surface area contributed by atoms with Crippen molar-refractivity contribution in [3.63, 3.8) is 0 Å². The number of rotatable bonds is 2. The first-order valence-corrected chi connectivity index (χ1v) is 7.37. The lowest BCUT2D eigenvalue weighted by atomic mass is 10.0. The summed E-state index contributed by atoms with van der Waals surface area (Å²) >= 11 is 15.2. The van der Waals surface area contributed by atoms with Crippen molar-refractivity contribution < 1.29 is 4.79 Å². The highest BCUT2D eigenvalue weighted by Crippen LogP contribution is 2.27. The maximum Gasteiger partial charge on any atom is 0.195 e. The Bertz CT molecular complexity index is 826. The molecule has 0 saturated heterocycles. The second kappa shape index (κ2) is 5.24. The van der Waals surface area contributed by atoms with Gasteiger partial charge in [0, 0.05) is 37.7 Å². The van der Waals surface area contributed by atoms with Crippen LogP contribution >= 0.6 is 39.1 Å². The van der Waals surface area contributed by atoms with E-state index in [0.29, 0.717) is 25.6 Å². The number of hydrogen-bond donors (Lipinski definition) is 1. The summed E-state index contributed by atoms with van der Waals surface area (Å²) in [5.74, 6) is -0.0593. The van der Waals surface area contributed by atoms with Gasteiger partial charge in [0.15, 0.2) is 5.78 Å². The van der Waals surface area contributed by atoms with E-state index in [0.717, 1.165) is 10.9 Å². The van der Waals surface area contributed by atoms with Gasteiger partial charge < -0.3 is 4.98 Å². The Kier molecular flexibility index (Phi) is 3.59. The molecule has 0 fully saturated rings. The molecule has 0 aliphatic rings. The van der Waals surface area contributed by atoms with Crippen LogP contribution in [0.4, 0.5) is 0 Å². The molecular formula is C15H8BrCl2NO. The van der Waals surface area contributed by atoms with E-state index in [1.807, 2.05) is 6.07 Å². The summed E-state index contributed by atoms with van der Waals surface area (Å²) in [5, 5.41) is 2.06. The van der Waals surface area contributed by atoms with Gasteiger partial charge in [-0.3, -0.25) is 4.79 Å². The molecule has 3 aromatic rings. The second-order valence-electron chi connectivity index (χ2n) is 4.35. The normalized spacial score (nSPS) is 10.9. The molecule has 2 nitrogen and oxygen atoms in total. The van der Waals surface area contributed by atoms with Crippen molar-refractivity contribution in [2.45, 2.75) is 0 Å². The van der Waals surface area contributed by atoms with E-state index < -0.39 is 0 Å². The van der Waals surface area contributed by atoms with Gasteiger partial charge >= 0.3 is 0 Å². The third-order valence-electron chi connectivity index (χ3n) is 3.07. The van der Waals surface area contributed by atoms with Crippen LogP contribution in [0.3, 0.4) is 0 Å². The van der Waals surface area contributed by atoms with E-state index in [-0.39, 0.29) is 5.78 Å². The van der Waals surface area contributed by atoms with Crippen LogP contribution in [-0.4, -0.2) is 10.8 Å². The van der Waals surface area contributed by atoms with Crippen LogP contribution in [0.5, 0.6) is 0 Å². The van der Waals surface area contributed by atoms with Crippen LogP contribution in [0, 0.1) is 0 Å². The number of hydrogen-bond acceptors (Lipinski definition) is 1. The summed E-state index contributed by atoms with van der Waals surface area (Å²) in [7, 11) is 0. The molecule has 5 heteroatoms. The van der Waals surface area contributed by atoms with Gasteiger partial charge in [0.2, 0.25) is 0 Å². The van der Waals surface area contributed by atoms with Crippen molar-refractivity contribution in [1.29, 1.82) is 0 Å². The van der Waals surface area contributed by atoms with Gasteiger partial charge in [0.05, 0.1) is 5.02 Å². The Morgan fingerprint density at radius 3 is 2.65 bits per heavy atom. The standard InChI is InChI=1S/C15H8BrCl2NO/c16-12-5-8(1-4-13(12)18)15(20)11-7-19-14-6-9(17)2-3-10(11)14/h1-7,19H.